The van der Waals surface area contributed by atoms with E-state index in [4.69, 9.17) is 15.2 Å². The predicted molar refractivity (Wildman–Crippen MR) is 68.8 cm³/mol. The van der Waals surface area contributed by atoms with Crippen LogP contribution in [0.5, 0.6) is 11.5 Å². The molecule has 2 N–H and O–H groups in total. The van der Waals surface area contributed by atoms with E-state index in [0.29, 0.717) is 13.1 Å². The van der Waals surface area contributed by atoms with Gasteiger partial charge in [-0.25, -0.2) is 4.98 Å². The SMILES string of the molecule is COc1ccc(Cn2ccnc2CN)cc1OC. The van der Waals surface area contributed by atoms with Gasteiger partial charge in [-0.3, -0.25) is 0 Å². The van der Waals surface area contributed by atoms with E-state index in [9.17, 15) is 0 Å². The van der Waals surface area contributed by atoms with Gasteiger partial charge in [-0.15, -0.1) is 0 Å². The van der Waals surface area contributed by atoms with Crippen LogP contribution in [0.2, 0.25) is 0 Å². The van der Waals surface area contributed by atoms with Gasteiger partial charge < -0.3 is 19.8 Å². The lowest BCUT2D eigenvalue weighted by atomic mass is 10.2. The van der Waals surface area contributed by atoms with Crippen LogP contribution in [0.15, 0.2) is 30.6 Å². The number of hydrogen-bond acceptors (Lipinski definition) is 4. The Morgan fingerprint density at radius 1 is 1.22 bits per heavy atom. The molecule has 1 aromatic heterocycles. The molecule has 0 aliphatic rings. The molecule has 0 aliphatic carbocycles. The molecule has 1 heterocycles. The van der Waals surface area contributed by atoms with Crippen molar-refractivity contribution in [3.8, 4) is 11.5 Å². The van der Waals surface area contributed by atoms with Gasteiger partial charge in [0.05, 0.1) is 20.8 Å². The summed E-state index contributed by atoms with van der Waals surface area (Å²) in [6.45, 7) is 1.15. The van der Waals surface area contributed by atoms with Gasteiger partial charge in [0.25, 0.3) is 0 Å². The minimum absolute atomic E-state index is 0.431. The zero-order chi connectivity index (χ0) is 13.0. The molecule has 0 unspecified atom stereocenters. The second kappa shape index (κ2) is 5.55. The molecule has 0 aliphatic heterocycles. The van der Waals surface area contributed by atoms with Gasteiger partial charge in [-0.2, -0.15) is 0 Å². The first-order valence-corrected chi connectivity index (χ1v) is 5.69. The Bertz CT molecular complexity index is 523. The summed E-state index contributed by atoms with van der Waals surface area (Å²) in [5.74, 6) is 2.32. The van der Waals surface area contributed by atoms with Crippen molar-refractivity contribution in [2.24, 2.45) is 5.73 Å². The second-order valence-corrected chi connectivity index (χ2v) is 3.86. The summed E-state index contributed by atoms with van der Waals surface area (Å²) >= 11 is 0. The molecule has 2 rings (SSSR count). The van der Waals surface area contributed by atoms with Crippen LogP contribution in [-0.4, -0.2) is 23.8 Å². The van der Waals surface area contributed by atoms with Gasteiger partial charge in [0.2, 0.25) is 0 Å². The summed E-state index contributed by atoms with van der Waals surface area (Å²) in [6, 6.07) is 5.86. The van der Waals surface area contributed by atoms with Crippen molar-refractivity contribution >= 4 is 0 Å². The van der Waals surface area contributed by atoms with E-state index >= 15 is 0 Å². The third-order valence-corrected chi connectivity index (χ3v) is 2.79. The number of methoxy groups -OCH3 is 2. The predicted octanol–water partition coefficient (Wildman–Crippen LogP) is 1.41. The van der Waals surface area contributed by atoms with Gasteiger partial charge >= 0.3 is 0 Å². The van der Waals surface area contributed by atoms with Crippen molar-refractivity contribution in [1.29, 1.82) is 0 Å². The van der Waals surface area contributed by atoms with E-state index in [1.807, 2.05) is 29.0 Å². The fourth-order valence-electron chi connectivity index (χ4n) is 1.85. The van der Waals surface area contributed by atoms with Crippen LogP contribution in [0.1, 0.15) is 11.4 Å². The van der Waals surface area contributed by atoms with E-state index in [1.165, 1.54) is 0 Å². The average Bonchev–Trinajstić information content (AvgIpc) is 2.85. The Labute approximate surface area is 106 Å². The molecule has 96 valence electrons. The molecule has 2 aromatic rings. The Kier molecular flexibility index (Phi) is 3.84. The summed E-state index contributed by atoms with van der Waals surface area (Å²) in [5.41, 5.74) is 6.73. The quantitative estimate of drug-likeness (QED) is 0.867. The van der Waals surface area contributed by atoms with Crippen LogP contribution < -0.4 is 15.2 Å². The molecular formula is C13H17N3O2. The summed E-state index contributed by atoms with van der Waals surface area (Å²) < 4.78 is 12.5. The molecule has 0 amide bonds. The normalized spacial score (nSPS) is 10.4. The molecule has 0 bridgehead atoms. The van der Waals surface area contributed by atoms with Crippen molar-refractivity contribution in [1.82, 2.24) is 9.55 Å². The standard InChI is InChI=1S/C13H17N3O2/c1-17-11-4-3-10(7-12(11)18-2)9-16-6-5-15-13(16)8-14/h3-7H,8-9,14H2,1-2H3. The first kappa shape index (κ1) is 12.4. The van der Waals surface area contributed by atoms with Gasteiger partial charge in [0.15, 0.2) is 11.5 Å². The molecule has 0 radical (unpaired) electrons. The van der Waals surface area contributed by atoms with Crippen LogP contribution in [0, 0.1) is 0 Å². The maximum atomic E-state index is 5.62. The maximum absolute atomic E-state index is 5.62. The highest BCUT2D eigenvalue weighted by Gasteiger charge is 2.06. The van der Waals surface area contributed by atoms with Crippen molar-refractivity contribution in [3.63, 3.8) is 0 Å². The Morgan fingerprint density at radius 2 is 2.00 bits per heavy atom. The van der Waals surface area contributed by atoms with Crippen molar-refractivity contribution in [3.05, 3.63) is 42.0 Å². The largest absolute Gasteiger partial charge is 0.493 e. The Balaban J connectivity index is 2.24. The smallest absolute Gasteiger partial charge is 0.161 e. The van der Waals surface area contributed by atoms with Gasteiger partial charge in [0.1, 0.15) is 5.82 Å². The number of benzene rings is 1. The number of hydrogen-bond donors (Lipinski definition) is 1. The number of rotatable bonds is 5. The topological polar surface area (TPSA) is 62.3 Å². The minimum Gasteiger partial charge on any atom is -0.493 e. The lowest BCUT2D eigenvalue weighted by Crippen LogP contribution is -2.08. The number of nitrogens with zero attached hydrogens (tertiary/aromatic N) is 2. The van der Waals surface area contributed by atoms with Gasteiger partial charge in [-0.05, 0) is 17.7 Å². The van der Waals surface area contributed by atoms with Crippen molar-refractivity contribution in [2.75, 3.05) is 14.2 Å². The molecular weight excluding hydrogens is 230 g/mol. The summed E-state index contributed by atoms with van der Waals surface area (Å²) in [4.78, 5) is 4.19. The zero-order valence-electron chi connectivity index (χ0n) is 10.6. The first-order valence-electron chi connectivity index (χ1n) is 5.69. The molecule has 0 saturated heterocycles. The zero-order valence-corrected chi connectivity index (χ0v) is 10.6. The van der Waals surface area contributed by atoms with E-state index in [-0.39, 0.29) is 0 Å². The van der Waals surface area contributed by atoms with Crippen molar-refractivity contribution < 1.29 is 9.47 Å². The Morgan fingerprint density at radius 3 is 2.67 bits per heavy atom. The highest BCUT2D eigenvalue weighted by molar-refractivity contribution is 5.42. The molecule has 5 nitrogen and oxygen atoms in total. The number of aromatic nitrogens is 2. The van der Waals surface area contributed by atoms with E-state index in [1.54, 1.807) is 20.4 Å². The average molecular weight is 247 g/mol. The van der Waals surface area contributed by atoms with E-state index < -0.39 is 0 Å². The lowest BCUT2D eigenvalue weighted by molar-refractivity contribution is 0.354. The third kappa shape index (κ3) is 2.46. The molecule has 0 atom stereocenters. The van der Waals surface area contributed by atoms with E-state index in [0.717, 1.165) is 22.9 Å². The molecule has 5 heteroatoms. The molecule has 1 aromatic carbocycles. The van der Waals surface area contributed by atoms with Crippen molar-refractivity contribution in [2.45, 2.75) is 13.1 Å². The molecule has 18 heavy (non-hydrogen) atoms. The fourth-order valence-corrected chi connectivity index (χ4v) is 1.85. The fraction of sp³-hybridized carbons (Fsp3) is 0.308. The number of nitrogens with two attached hydrogens (primary N) is 1. The Hall–Kier alpha value is -2.01. The lowest BCUT2D eigenvalue weighted by Gasteiger charge is -2.11. The van der Waals surface area contributed by atoms with Gasteiger partial charge in [0, 0.05) is 18.9 Å². The summed E-state index contributed by atoms with van der Waals surface area (Å²) in [7, 11) is 3.25. The monoisotopic (exact) mass is 247 g/mol. The summed E-state index contributed by atoms with van der Waals surface area (Å²) in [5, 5.41) is 0. The maximum Gasteiger partial charge on any atom is 0.161 e. The molecule has 0 fully saturated rings. The minimum atomic E-state index is 0.431. The second-order valence-electron chi connectivity index (χ2n) is 3.86. The van der Waals surface area contributed by atoms with Gasteiger partial charge in [-0.1, -0.05) is 6.07 Å². The van der Waals surface area contributed by atoms with Crippen LogP contribution in [0.25, 0.3) is 0 Å². The van der Waals surface area contributed by atoms with Crippen LogP contribution >= 0.6 is 0 Å². The highest BCUT2D eigenvalue weighted by atomic mass is 16.5. The van der Waals surface area contributed by atoms with Crippen LogP contribution in [0.4, 0.5) is 0 Å². The molecule has 0 spiro atoms. The highest BCUT2D eigenvalue weighted by Crippen LogP contribution is 2.27. The van der Waals surface area contributed by atoms with E-state index in [2.05, 4.69) is 4.98 Å². The molecule has 0 saturated carbocycles. The van der Waals surface area contributed by atoms with Crippen LogP contribution in [-0.2, 0) is 13.1 Å². The third-order valence-electron chi connectivity index (χ3n) is 2.79. The first-order chi connectivity index (χ1) is 8.78. The van der Waals surface area contributed by atoms with Crippen LogP contribution in [0.3, 0.4) is 0 Å². The number of imidazole rings is 1. The number of ether oxygens (including phenoxy) is 2. The summed E-state index contributed by atoms with van der Waals surface area (Å²) in [6.07, 6.45) is 3.67.